The van der Waals surface area contributed by atoms with Crippen molar-refractivity contribution in [2.75, 3.05) is 7.11 Å². The zero-order valence-corrected chi connectivity index (χ0v) is 11.5. The molecule has 0 N–H and O–H groups in total. The number of rotatable bonds is 4. The molecule has 18 heavy (non-hydrogen) atoms. The maximum atomic E-state index is 6.06. The van der Waals surface area contributed by atoms with E-state index < -0.39 is 5.56 Å². The van der Waals surface area contributed by atoms with Crippen molar-refractivity contribution in [3.05, 3.63) is 41.3 Å². The summed E-state index contributed by atoms with van der Waals surface area (Å²) in [5.74, 6) is 1.36. The van der Waals surface area contributed by atoms with E-state index in [0.29, 0.717) is 11.6 Å². The SMILES string of the molecule is CCc1oc(-c2ccc(C)cc2)nc1C(Cl)OC. The first kappa shape index (κ1) is 13.1. The molecule has 96 valence electrons. The highest BCUT2D eigenvalue weighted by molar-refractivity contribution is 6.19. The number of halogens is 1. The fourth-order valence-electron chi connectivity index (χ4n) is 1.73. The van der Waals surface area contributed by atoms with Crippen molar-refractivity contribution in [1.82, 2.24) is 4.98 Å². The summed E-state index contributed by atoms with van der Waals surface area (Å²) in [6, 6.07) is 8.03. The summed E-state index contributed by atoms with van der Waals surface area (Å²) >= 11 is 6.06. The molecule has 1 aromatic heterocycles. The van der Waals surface area contributed by atoms with E-state index in [9.17, 15) is 0 Å². The van der Waals surface area contributed by atoms with Crippen molar-refractivity contribution in [2.24, 2.45) is 0 Å². The summed E-state index contributed by atoms with van der Waals surface area (Å²) < 4.78 is 10.8. The van der Waals surface area contributed by atoms with E-state index in [4.69, 9.17) is 20.8 Å². The van der Waals surface area contributed by atoms with E-state index in [-0.39, 0.29) is 0 Å². The van der Waals surface area contributed by atoms with Crippen molar-refractivity contribution in [1.29, 1.82) is 0 Å². The maximum Gasteiger partial charge on any atom is 0.226 e. The number of hydrogen-bond acceptors (Lipinski definition) is 3. The molecule has 0 aliphatic carbocycles. The molecule has 2 aromatic rings. The first-order valence-corrected chi connectivity index (χ1v) is 6.32. The second kappa shape index (κ2) is 5.55. The maximum absolute atomic E-state index is 6.06. The molecule has 0 radical (unpaired) electrons. The van der Waals surface area contributed by atoms with Crippen LogP contribution in [0.5, 0.6) is 0 Å². The Morgan fingerprint density at radius 1 is 1.33 bits per heavy atom. The van der Waals surface area contributed by atoms with Crippen LogP contribution in [0.25, 0.3) is 11.5 Å². The van der Waals surface area contributed by atoms with Gasteiger partial charge >= 0.3 is 0 Å². The van der Waals surface area contributed by atoms with Crippen LogP contribution in [-0.4, -0.2) is 12.1 Å². The number of methoxy groups -OCH3 is 1. The summed E-state index contributed by atoms with van der Waals surface area (Å²) in [7, 11) is 1.55. The Morgan fingerprint density at radius 3 is 2.56 bits per heavy atom. The third-order valence-electron chi connectivity index (χ3n) is 2.77. The van der Waals surface area contributed by atoms with Crippen molar-refractivity contribution >= 4 is 11.6 Å². The minimum absolute atomic E-state index is 0.567. The van der Waals surface area contributed by atoms with Crippen LogP contribution in [0.2, 0.25) is 0 Å². The standard InChI is InChI=1S/C14H16ClNO2/c1-4-11-12(13(15)17-3)16-14(18-11)10-7-5-9(2)6-8-10/h5-8,13H,4H2,1-3H3. The molecule has 0 aliphatic heterocycles. The number of aryl methyl sites for hydroxylation is 2. The van der Waals surface area contributed by atoms with Crippen molar-refractivity contribution < 1.29 is 9.15 Å². The molecular formula is C14H16ClNO2. The quantitative estimate of drug-likeness (QED) is 0.781. The van der Waals surface area contributed by atoms with Crippen molar-refractivity contribution in [2.45, 2.75) is 25.8 Å². The van der Waals surface area contributed by atoms with Gasteiger partial charge in [0.25, 0.3) is 0 Å². The number of oxazole rings is 1. The molecule has 0 amide bonds. The Kier molecular flexibility index (Phi) is 4.04. The summed E-state index contributed by atoms with van der Waals surface area (Å²) in [4.78, 5) is 4.43. The minimum atomic E-state index is -0.567. The zero-order chi connectivity index (χ0) is 13.1. The van der Waals surface area contributed by atoms with E-state index in [0.717, 1.165) is 17.7 Å². The second-order valence-corrected chi connectivity index (χ2v) is 4.50. The van der Waals surface area contributed by atoms with Gasteiger partial charge in [0.05, 0.1) is 0 Å². The topological polar surface area (TPSA) is 35.3 Å². The van der Waals surface area contributed by atoms with Gasteiger partial charge in [-0.15, -0.1) is 0 Å². The molecule has 3 nitrogen and oxygen atoms in total. The van der Waals surface area contributed by atoms with Crippen LogP contribution in [0, 0.1) is 6.92 Å². The van der Waals surface area contributed by atoms with E-state index in [1.807, 2.05) is 38.1 Å². The Labute approximate surface area is 112 Å². The van der Waals surface area contributed by atoms with Gasteiger partial charge in [-0.2, -0.15) is 0 Å². The Hall–Kier alpha value is -1.32. The molecule has 1 unspecified atom stereocenters. The monoisotopic (exact) mass is 265 g/mol. The van der Waals surface area contributed by atoms with Gasteiger partial charge in [0.15, 0.2) is 5.56 Å². The highest BCUT2D eigenvalue weighted by Crippen LogP contribution is 2.29. The predicted molar refractivity (Wildman–Crippen MR) is 71.7 cm³/mol. The van der Waals surface area contributed by atoms with Crippen LogP contribution in [0.15, 0.2) is 28.7 Å². The lowest BCUT2D eigenvalue weighted by molar-refractivity contribution is 0.165. The van der Waals surface area contributed by atoms with Gasteiger partial charge in [0, 0.05) is 19.1 Å². The molecule has 0 saturated heterocycles. The summed E-state index contributed by atoms with van der Waals surface area (Å²) in [5.41, 5.74) is 2.25. The normalized spacial score (nSPS) is 12.7. The molecule has 1 heterocycles. The molecule has 4 heteroatoms. The lowest BCUT2D eigenvalue weighted by Gasteiger charge is -2.03. The van der Waals surface area contributed by atoms with Gasteiger partial charge in [-0.1, -0.05) is 36.2 Å². The molecular weight excluding hydrogens is 250 g/mol. The van der Waals surface area contributed by atoms with Gasteiger partial charge in [-0.3, -0.25) is 0 Å². The summed E-state index contributed by atoms with van der Waals surface area (Å²) in [6.45, 7) is 4.05. The summed E-state index contributed by atoms with van der Waals surface area (Å²) in [6.07, 6.45) is 0.737. The second-order valence-electron chi connectivity index (χ2n) is 4.10. The van der Waals surface area contributed by atoms with Crippen LogP contribution in [0.4, 0.5) is 0 Å². The predicted octanol–water partition coefficient (Wildman–Crippen LogP) is 4.10. The van der Waals surface area contributed by atoms with E-state index >= 15 is 0 Å². The molecule has 0 spiro atoms. The van der Waals surface area contributed by atoms with E-state index in [1.165, 1.54) is 5.56 Å². The number of hydrogen-bond donors (Lipinski definition) is 0. The fourth-order valence-corrected chi connectivity index (χ4v) is 1.90. The highest BCUT2D eigenvalue weighted by atomic mass is 35.5. The van der Waals surface area contributed by atoms with Crippen LogP contribution in [0.3, 0.4) is 0 Å². The molecule has 1 atom stereocenters. The van der Waals surface area contributed by atoms with Gasteiger partial charge in [0.2, 0.25) is 5.89 Å². The molecule has 0 aliphatic rings. The minimum Gasteiger partial charge on any atom is -0.441 e. The summed E-state index contributed by atoms with van der Waals surface area (Å²) in [5, 5.41) is 0. The zero-order valence-electron chi connectivity index (χ0n) is 10.7. The Morgan fingerprint density at radius 2 is 2.00 bits per heavy atom. The largest absolute Gasteiger partial charge is 0.441 e. The van der Waals surface area contributed by atoms with Gasteiger partial charge in [0.1, 0.15) is 11.5 Å². The third kappa shape index (κ3) is 2.57. The van der Waals surface area contributed by atoms with Gasteiger partial charge in [-0.25, -0.2) is 4.98 Å². The molecule has 0 bridgehead atoms. The van der Waals surface area contributed by atoms with Crippen LogP contribution >= 0.6 is 11.6 Å². The molecule has 1 aromatic carbocycles. The number of alkyl halides is 1. The van der Waals surface area contributed by atoms with Crippen LogP contribution < -0.4 is 0 Å². The number of aromatic nitrogens is 1. The van der Waals surface area contributed by atoms with E-state index in [1.54, 1.807) is 7.11 Å². The van der Waals surface area contributed by atoms with Crippen LogP contribution in [0.1, 0.15) is 29.5 Å². The van der Waals surface area contributed by atoms with Gasteiger partial charge < -0.3 is 9.15 Å². The number of benzene rings is 1. The molecule has 2 rings (SSSR count). The molecule has 0 fully saturated rings. The fraction of sp³-hybridized carbons (Fsp3) is 0.357. The number of ether oxygens (including phenoxy) is 1. The smallest absolute Gasteiger partial charge is 0.226 e. The third-order valence-corrected chi connectivity index (χ3v) is 3.15. The Balaban J connectivity index is 2.40. The lowest BCUT2D eigenvalue weighted by Crippen LogP contribution is -1.96. The van der Waals surface area contributed by atoms with Crippen molar-refractivity contribution in [3.8, 4) is 11.5 Å². The van der Waals surface area contributed by atoms with Gasteiger partial charge in [-0.05, 0) is 19.1 Å². The van der Waals surface area contributed by atoms with Crippen LogP contribution in [-0.2, 0) is 11.2 Å². The first-order chi connectivity index (χ1) is 8.65. The average molecular weight is 266 g/mol. The lowest BCUT2D eigenvalue weighted by atomic mass is 10.1. The Bertz CT molecular complexity index is 519. The first-order valence-electron chi connectivity index (χ1n) is 5.89. The van der Waals surface area contributed by atoms with Crippen molar-refractivity contribution in [3.63, 3.8) is 0 Å². The number of nitrogens with zero attached hydrogens (tertiary/aromatic N) is 1. The highest BCUT2D eigenvalue weighted by Gasteiger charge is 2.19. The van der Waals surface area contributed by atoms with E-state index in [2.05, 4.69) is 4.98 Å². The average Bonchev–Trinajstić information content (AvgIpc) is 2.82. The molecule has 0 saturated carbocycles.